The van der Waals surface area contributed by atoms with Gasteiger partial charge in [0.1, 0.15) is 6.73 Å². The lowest BCUT2D eigenvalue weighted by Gasteiger charge is -2.06. The third-order valence-electron chi connectivity index (χ3n) is 1.82. The fraction of sp³-hybridized carbons (Fsp3) is 0.222. The molecule has 1 heterocycles. The average molecular weight is 148 g/mol. The van der Waals surface area contributed by atoms with Gasteiger partial charge in [0.05, 0.1) is 12.6 Å². The first-order valence-corrected chi connectivity index (χ1v) is 3.71. The Balaban J connectivity index is 2.16. The van der Waals surface area contributed by atoms with Gasteiger partial charge in [-0.1, -0.05) is 30.3 Å². The summed E-state index contributed by atoms with van der Waals surface area (Å²) in [7, 11) is 0. The minimum Gasteiger partial charge on any atom is -0.357 e. The molecule has 57 valence electrons. The van der Waals surface area contributed by atoms with Crippen LogP contribution in [0, 0.1) is 6.73 Å². The number of hydrogen-bond donors (Lipinski definition) is 1. The zero-order chi connectivity index (χ0) is 7.52. The maximum Gasteiger partial charge on any atom is 0.148 e. The Hall–Kier alpha value is -0.860. The molecule has 1 aliphatic rings. The molecular weight excluding hydrogens is 138 g/mol. The van der Waals surface area contributed by atoms with Crippen LogP contribution < -0.4 is 5.32 Å². The van der Waals surface area contributed by atoms with Crippen molar-refractivity contribution in [3.05, 3.63) is 42.6 Å². The zero-order valence-electron chi connectivity index (χ0n) is 6.16. The summed E-state index contributed by atoms with van der Waals surface area (Å²) in [5, 5.41) is 3.13. The molecule has 2 nitrogen and oxygen atoms in total. The molecule has 1 radical (unpaired) electrons. The fourth-order valence-corrected chi connectivity index (χ4v) is 1.20. The molecule has 0 saturated carbocycles. The largest absolute Gasteiger partial charge is 0.357 e. The van der Waals surface area contributed by atoms with E-state index in [-0.39, 0.29) is 0 Å². The maximum atomic E-state index is 5.08. The first-order chi connectivity index (χ1) is 5.47. The molecule has 1 aliphatic heterocycles. The zero-order valence-corrected chi connectivity index (χ0v) is 6.16. The third kappa shape index (κ3) is 1.42. The van der Waals surface area contributed by atoms with Crippen molar-refractivity contribution in [2.45, 2.75) is 6.04 Å². The van der Waals surface area contributed by atoms with Crippen molar-refractivity contribution >= 4 is 0 Å². The minimum absolute atomic E-state index is 0.344. The molecule has 1 N–H and O–H groups in total. The molecule has 0 spiro atoms. The van der Waals surface area contributed by atoms with Gasteiger partial charge in [0.2, 0.25) is 0 Å². The van der Waals surface area contributed by atoms with Gasteiger partial charge in [0.25, 0.3) is 0 Å². The van der Waals surface area contributed by atoms with Gasteiger partial charge >= 0.3 is 0 Å². The molecule has 1 fully saturated rings. The minimum atomic E-state index is 0.344. The van der Waals surface area contributed by atoms with E-state index < -0.39 is 0 Å². The van der Waals surface area contributed by atoms with E-state index in [0.29, 0.717) is 6.04 Å². The first-order valence-electron chi connectivity index (χ1n) is 3.71. The van der Waals surface area contributed by atoms with Crippen LogP contribution in [0.5, 0.6) is 0 Å². The van der Waals surface area contributed by atoms with Crippen molar-refractivity contribution in [1.82, 2.24) is 5.32 Å². The van der Waals surface area contributed by atoms with E-state index in [4.69, 9.17) is 4.74 Å². The fourth-order valence-electron chi connectivity index (χ4n) is 1.20. The van der Waals surface area contributed by atoms with Crippen molar-refractivity contribution in [2.24, 2.45) is 0 Å². The summed E-state index contributed by atoms with van der Waals surface area (Å²) in [6, 6.07) is 10.6. The van der Waals surface area contributed by atoms with E-state index >= 15 is 0 Å². The Morgan fingerprint density at radius 2 is 2.09 bits per heavy atom. The van der Waals surface area contributed by atoms with Gasteiger partial charge < -0.3 is 4.74 Å². The van der Waals surface area contributed by atoms with Crippen LogP contribution in [-0.4, -0.2) is 6.61 Å². The summed E-state index contributed by atoms with van der Waals surface area (Å²) in [6.45, 7) is 2.39. The molecule has 2 heteroatoms. The van der Waals surface area contributed by atoms with E-state index in [9.17, 15) is 0 Å². The van der Waals surface area contributed by atoms with Gasteiger partial charge in [-0.05, 0) is 5.56 Å². The van der Waals surface area contributed by atoms with E-state index in [1.165, 1.54) is 5.56 Å². The van der Waals surface area contributed by atoms with Crippen LogP contribution in [0.4, 0.5) is 0 Å². The first kappa shape index (κ1) is 6.83. The van der Waals surface area contributed by atoms with E-state index in [1.54, 1.807) is 6.73 Å². The summed E-state index contributed by atoms with van der Waals surface area (Å²) >= 11 is 0. The molecule has 0 bridgehead atoms. The summed E-state index contributed by atoms with van der Waals surface area (Å²) in [6.07, 6.45) is 0. The lowest BCUT2D eigenvalue weighted by Crippen LogP contribution is -2.11. The van der Waals surface area contributed by atoms with Gasteiger partial charge in [-0.15, -0.1) is 0 Å². The second-order valence-corrected chi connectivity index (χ2v) is 2.58. The molecule has 2 rings (SSSR count). The lowest BCUT2D eigenvalue weighted by molar-refractivity contribution is 0.246. The SMILES string of the molecule is [CH]1N[C@@H](c2ccccc2)CO1. The van der Waals surface area contributed by atoms with E-state index in [2.05, 4.69) is 17.4 Å². The van der Waals surface area contributed by atoms with Crippen molar-refractivity contribution in [1.29, 1.82) is 0 Å². The Morgan fingerprint density at radius 3 is 2.73 bits per heavy atom. The predicted octanol–water partition coefficient (Wildman–Crippen LogP) is 1.47. The van der Waals surface area contributed by atoms with Crippen LogP contribution >= 0.6 is 0 Å². The van der Waals surface area contributed by atoms with Gasteiger partial charge in [0.15, 0.2) is 0 Å². The smallest absolute Gasteiger partial charge is 0.148 e. The van der Waals surface area contributed by atoms with Gasteiger partial charge in [-0.25, -0.2) is 0 Å². The molecular formula is C9H10NO. The summed E-state index contributed by atoms with van der Waals surface area (Å²) in [5.74, 6) is 0. The number of hydrogen-bond acceptors (Lipinski definition) is 2. The van der Waals surface area contributed by atoms with Crippen LogP contribution in [0.3, 0.4) is 0 Å². The Morgan fingerprint density at radius 1 is 1.27 bits per heavy atom. The van der Waals surface area contributed by atoms with Crippen LogP contribution in [0.2, 0.25) is 0 Å². The number of rotatable bonds is 1. The highest BCUT2D eigenvalue weighted by Crippen LogP contribution is 2.17. The molecule has 0 amide bonds. The van der Waals surface area contributed by atoms with E-state index in [0.717, 1.165) is 6.61 Å². The highest BCUT2D eigenvalue weighted by Gasteiger charge is 2.15. The van der Waals surface area contributed by atoms with Crippen molar-refractivity contribution in [2.75, 3.05) is 6.61 Å². The van der Waals surface area contributed by atoms with Crippen LogP contribution in [-0.2, 0) is 4.74 Å². The van der Waals surface area contributed by atoms with Crippen molar-refractivity contribution in [3.63, 3.8) is 0 Å². The summed E-state index contributed by atoms with van der Waals surface area (Å²) < 4.78 is 5.08. The second-order valence-electron chi connectivity index (χ2n) is 2.58. The lowest BCUT2D eigenvalue weighted by atomic mass is 10.1. The quantitative estimate of drug-likeness (QED) is 0.651. The van der Waals surface area contributed by atoms with Gasteiger partial charge in [0, 0.05) is 0 Å². The van der Waals surface area contributed by atoms with Crippen LogP contribution in [0.25, 0.3) is 0 Å². The van der Waals surface area contributed by atoms with Crippen molar-refractivity contribution in [3.8, 4) is 0 Å². The predicted molar refractivity (Wildman–Crippen MR) is 42.6 cm³/mol. The molecule has 0 aromatic heterocycles. The average Bonchev–Trinajstić information content (AvgIpc) is 2.58. The molecule has 11 heavy (non-hydrogen) atoms. The highest BCUT2D eigenvalue weighted by molar-refractivity contribution is 5.19. The Kier molecular flexibility index (Phi) is 1.88. The highest BCUT2D eigenvalue weighted by atomic mass is 16.5. The molecule has 1 atom stereocenters. The monoisotopic (exact) mass is 148 g/mol. The third-order valence-corrected chi connectivity index (χ3v) is 1.82. The number of benzene rings is 1. The molecule has 1 aromatic carbocycles. The molecule has 0 unspecified atom stereocenters. The molecule has 1 aromatic rings. The molecule has 1 saturated heterocycles. The van der Waals surface area contributed by atoms with Crippen molar-refractivity contribution < 1.29 is 4.74 Å². The number of nitrogens with one attached hydrogen (secondary N) is 1. The standard InChI is InChI=1S/C9H10NO/c1-2-4-8(5-3-1)9-6-11-7-10-9/h1-5,7,9-10H,6H2/t9-/m1/s1. The Bertz CT molecular complexity index is 216. The van der Waals surface area contributed by atoms with Crippen LogP contribution in [0.1, 0.15) is 11.6 Å². The summed E-state index contributed by atoms with van der Waals surface area (Å²) in [4.78, 5) is 0. The second kappa shape index (κ2) is 3.03. The summed E-state index contributed by atoms with van der Waals surface area (Å²) in [5.41, 5.74) is 1.28. The molecule has 0 aliphatic carbocycles. The van der Waals surface area contributed by atoms with Crippen LogP contribution in [0.15, 0.2) is 30.3 Å². The van der Waals surface area contributed by atoms with Gasteiger partial charge in [-0.2, -0.15) is 0 Å². The topological polar surface area (TPSA) is 21.3 Å². The van der Waals surface area contributed by atoms with E-state index in [1.807, 2.05) is 18.2 Å². The number of ether oxygens (including phenoxy) is 1. The normalized spacial score (nSPS) is 23.8. The maximum absolute atomic E-state index is 5.08. The van der Waals surface area contributed by atoms with Gasteiger partial charge in [-0.3, -0.25) is 5.32 Å². The Labute approximate surface area is 66.2 Å².